The number of carbonyl (C=O) groups is 2. The van der Waals surface area contributed by atoms with Crippen molar-refractivity contribution < 1.29 is 28.2 Å². The summed E-state index contributed by atoms with van der Waals surface area (Å²) in [4.78, 5) is 23.5. The summed E-state index contributed by atoms with van der Waals surface area (Å²) in [6.45, 7) is 2.50. The first-order valence-corrected chi connectivity index (χ1v) is 8.62. The van der Waals surface area contributed by atoms with Crippen molar-refractivity contribution in [2.75, 3.05) is 26.4 Å². The van der Waals surface area contributed by atoms with Crippen LogP contribution in [0.1, 0.15) is 17.3 Å². The molecule has 0 fully saturated rings. The third kappa shape index (κ3) is 6.79. The Hall–Kier alpha value is -2.80. The number of esters is 1. The molecule has 27 heavy (non-hydrogen) atoms. The van der Waals surface area contributed by atoms with Gasteiger partial charge in [-0.05, 0) is 49.4 Å². The summed E-state index contributed by atoms with van der Waals surface area (Å²) in [6.07, 6.45) is 0. The normalized spacial score (nSPS) is 10.2. The predicted octanol–water partition coefficient (Wildman–Crippen LogP) is 3.23. The van der Waals surface area contributed by atoms with Crippen LogP contribution in [0.3, 0.4) is 0 Å². The first kappa shape index (κ1) is 20.5. The Bertz CT molecular complexity index is 782. The Morgan fingerprint density at radius 3 is 2.37 bits per heavy atom. The molecule has 0 saturated carbocycles. The van der Waals surface area contributed by atoms with Gasteiger partial charge in [0.15, 0.2) is 6.61 Å². The molecule has 1 N–H and O–H groups in total. The van der Waals surface area contributed by atoms with E-state index in [0.29, 0.717) is 12.4 Å². The van der Waals surface area contributed by atoms with Crippen LogP contribution < -0.4 is 14.8 Å². The Morgan fingerprint density at radius 2 is 1.74 bits per heavy atom. The second-order valence-corrected chi connectivity index (χ2v) is 5.71. The van der Waals surface area contributed by atoms with E-state index in [4.69, 9.17) is 25.8 Å². The summed E-state index contributed by atoms with van der Waals surface area (Å²) < 4.78 is 28.6. The maximum atomic E-state index is 13.0. The average molecular weight is 396 g/mol. The SMILES string of the molecule is CCOc1ccc(OCCNC(=O)COC(=O)c2ccc(F)cc2Cl)cc1. The number of carbonyl (C=O) groups excluding carboxylic acids is 2. The lowest BCUT2D eigenvalue weighted by atomic mass is 10.2. The van der Waals surface area contributed by atoms with Gasteiger partial charge in [0.1, 0.15) is 23.9 Å². The molecule has 6 nitrogen and oxygen atoms in total. The van der Waals surface area contributed by atoms with Gasteiger partial charge < -0.3 is 19.5 Å². The van der Waals surface area contributed by atoms with E-state index < -0.39 is 24.3 Å². The molecule has 144 valence electrons. The van der Waals surface area contributed by atoms with Gasteiger partial charge in [0.25, 0.3) is 5.91 Å². The van der Waals surface area contributed by atoms with E-state index in [0.717, 1.165) is 17.9 Å². The molecule has 2 aromatic carbocycles. The van der Waals surface area contributed by atoms with Crippen molar-refractivity contribution in [3.05, 3.63) is 58.9 Å². The van der Waals surface area contributed by atoms with E-state index in [1.54, 1.807) is 24.3 Å². The molecule has 0 spiro atoms. The van der Waals surface area contributed by atoms with E-state index >= 15 is 0 Å². The molecule has 0 atom stereocenters. The molecular formula is C19H19ClFNO5. The Labute approximate surface area is 161 Å². The Balaban J connectivity index is 1.66. The molecule has 0 aromatic heterocycles. The zero-order valence-electron chi connectivity index (χ0n) is 14.7. The average Bonchev–Trinajstić information content (AvgIpc) is 2.65. The molecule has 2 aromatic rings. The highest BCUT2D eigenvalue weighted by Gasteiger charge is 2.14. The van der Waals surface area contributed by atoms with Crippen molar-refractivity contribution in [2.24, 2.45) is 0 Å². The maximum Gasteiger partial charge on any atom is 0.340 e. The van der Waals surface area contributed by atoms with Crippen LogP contribution in [0.5, 0.6) is 11.5 Å². The van der Waals surface area contributed by atoms with Crippen LogP contribution in [0.4, 0.5) is 4.39 Å². The molecule has 0 radical (unpaired) electrons. The molecular weight excluding hydrogens is 377 g/mol. The van der Waals surface area contributed by atoms with E-state index in [1.165, 1.54) is 6.07 Å². The van der Waals surface area contributed by atoms with Gasteiger partial charge in [0, 0.05) is 0 Å². The third-order valence-corrected chi connectivity index (χ3v) is 3.63. The second-order valence-electron chi connectivity index (χ2n) is 5.30. The van der Waals surface area contributed by atoms with Gasteiger partial charge in [0.2, 0.25) is 0 Å². The van der Waals surface area contributed by atoms with Crippen molar-refractivity contribution in [1.82, 2.24) is 5.32 Å². The monoisotopic (exact) mass is 395 g/mol. The lowest BCUT2D eigenvalue weighted by Gasteiger charge is -2.09. The van der Waals surface area contributed by atoms with Gasteiger partial charge in [0.05, 0.1) is 23.7 Å². The Kier molecular flexibility index (Phi) is 7.88. The quantitative estimate of drug-likeness (QED) is 0.521. The number of amides is 1. The molecule has 0 bridgehead atoms. The number of rotatable bonds is 9. The number of halogens is 2. The fourth-order valence-corrected chi connectivity index (χ4v) is 2.32. The minimum atomic E-state index is -0.805. The molecule has 1 amide bonds. The van der Waals surface area contributed by atoms with Crippen LogP contribution in [-0.2, 0) is 9.53 Å². The predicted molar refractivity (Wildman–Crippen MR) is 97.8 cm³/mol. The number of hydrogen-bond donors (Lipinski definition) is 1. The Morgan fingerprint density at radius 1 is 1.07 bits per heavy atom. The lowest BCUT2D eigenvalue weighted by molar-refractivity contribution is -0.124. The zero-order valence-corrected chi connectivity index (χ0v) is 15.4. The largest absolute Gasteiger partial charge is 0.494 e. The van der Waals surface area contributed by atoms with E-state index in [9.17, 15) is 14.0 Å². The van der Waals surface area contributed by atoms with Crippen molar-refractivity contribution in [3.63, 3.8) is 0 Å². The van der Waals surface area contributed by atoms with Crippen molar-refractivity contribution in [2.45, 2.75) is 6.92 Å². The summed E-state index contributed by atoms with van der Waals surface area (Å²) in [6, 6.07) is 10.4. The fraction of sp³-hybridized carbons (Fsp3) is 0.263. The van der Waals surface area contributed by atoms with E-state index in [2.05, 4.69) is 5.32 Å². The number of benzene rings is 2. The maximum absolute atomic E-state index is 13.0. The fourth-order valence-electron chi connectivity index (χ4n) is 2.07. The summed E-state index contributed by atoms with van der Waals surface area (Å²) in [5, 5.41) is 2.48. The highest BCUT2D eigenvalue weighted by atomic mass is 35.5. The molecule has 0 unspecified atom stereocenters. The first-order valence-electron chi connectivity index (χ1n) is 8.24. The van der Waals surface area contributed by atoms with Crippen LogP contribution in [0.15, 0.2) is 42.5 Å². The standard InChI is InChI=1S/C19H19ClFNO5/c1-2-25-14-4-6-15(7-5-14)26-10-9-22-18(23)12-27-19(24)16-8-3-13(21)11-17(16)20/h3-8,11H,2,9-10,12H2,1H3,(H,22,23). The number of ether oxygens (including phenoxy) is 3. The summed E-state index contributed by atoms with van der Waals surface area (Å²) in [5.74, 6) is -0.467. The number of nitrogens with one attached hydrogen (secondary N) is 1. The lowest BCUT2D eigenvalue weighted by Crippen LogP contribution is -2.32. The summed E-state index contributed by atoms with van der Waals surface area (Å²) >= 11 is 5.76. The van der Waals surface area contributed by atoms with Crippen LogP contribution >= 0.6 is 11.6 Å². The third-order valence-electron chi connectivity index (χ3n) is 3.31. The number of hydrogen-bond acceptors (Lipinski definition) is 5. The molecule has 0 heterocycles. The topological polar surface area (TPSA) is 73.9 Å². The van der Waals surface area contributed by atoms with Gasteiger partial charge in [-0.25, -0.2) is 9.18 Å². The van der Waals surface area contributed by atoms with Gasteiger partial charge in [-0.2, -0.15) is 0 Å². The molecule has 2 rings (SSSR count). The van der Waals surface area contributed by atoms with Crippen LogP contribution in [0, 0.1) is 5.82 Å². The van der Waals surface area contributed by atoms with Crippen LogP contribution in [0.2, 0.25) is 5.02 Å². The smallest absolute Gasteiger partial charge is 0.340 e. The van der Waals surface area contributed by atoms with Crippen LogP contribution in [-0.4, -0.2) is 38.2 Å². The minimum absolute atomic E-state index is 0.00954. The van der Waals surface area contributed by atoms with Crippen molar-refractivity contribution >= 4 is 23.5 Å². The van der Waals surface area contributed by atoms with Crippen molar-refractivity contribution in [3.8, 4) is 11.5 Å². The van der Waals surface area contributed by atoms with E-state index in [1.807, 2.05) is 6.92 Å². The van der Waals surface area contributed by atoms with Crippen molar-refractivity contribution in [1.29, 1.82) is 0 Å². The minimum Gasteiger partial charge on any atom is -0.494 e. The molecule has 8 heteroatoms. The highest BCUT2D eigenvalue weighted by molar-refractivity contribution is 6.33. The summed E-state index contributed by atoms with van der Waals surface area (Å²) in [7, 11) is 0. The molecule has 0 aliphatic carbocycles. The van der Waals surface area contributed by atoms with Crippen LogP contribution in [0.25, 0.3) is 0 Å². The van der Waals surface area contributed by atoms with Gasteiger partial charge in [-0.3, -0.25) is 4.79 Å². The zero-order chi connectivity index (χ0) is 19.6. The van der Waals surface area contributed by atoms with E-state index in [-0.39, 0.29) is 23.7 Å². The highest BCUT2D eigenvalue weighted by Crippen LogP contribution is 2.18. The molecule has 0 saturated heterocycles. The first-order chi connectivity index (χ1) is 13.0. The van der Waals surface area contributed by atoms with Gasteiger partial charge in [-0.1, -0.05) is 11.6 Å². The molecule has 0 aliphatic rings. The molecule has 0 aliphatic heterocycles. The second kappa shape index (κ2) is 10.4. The van der Waals surface area contributed by atoms with Gasteiger partial charge >= 0.3 is 5.97 Å². The summed E-state index contributed by atoms with van der Waals surface area (Å²) in [5.41, 5.74) is -0.00954. The van der Waals surface area contributed by atoms with Gasteiger partial charge in [-0.15, -0.1) is 0 Å².